The minimum Gasteiger partial charge on any atom is -0.487 e. The smallest absolute Gasteiger partial charge is 0.255 e. The quantitative estimate of drug-likeness (QED) is 0.423. The molecule has 4 rings (SSSR count). The van der Waals surface area contributed by atoms with Crippen LogP contribution in [0.2, 0.25) is 0 Å². The number of amides is 1. The number of anilines is 1. The van der Waals surface area contributed by atoms with Gasteiger partial charge in [0.25, 0.3) is 5.91 Å². The number of aromatic nitrogens is 1. The third-order valence-electron chi connectivity index (χ3n) is 4.79. The first-order chi connectivity index (χ1) is 15.0. The van der Waals surface area contributed by atoms with Gasteiger partial charge in [-0.1, -0.05) is 17.7 Å². The van der Waals surface area contributed by atoms with E-state index in [1.807, 2.05) is 38.1 Å². The van der Waals surface area contributed by atoms with Crippen LogP contribution < -0.4 is 10.1 Å². The van der Waals surface area contributed by atoms with Crippen LogP contribution in [0.1, 0.15) is 27.4 Å². The van der Waals surface area contributed by atoms with Crippen LogP contribution in [-0.2, 0) is 6.61 Å². The highest BCUT2D eigenvalue weighted by molar-refractivity contribution is 6.04. The Morgan fingerprint density at radius 1 is 0.968 bits per heavy atom. The monoisotopic (exact) mass is 416 g/mol. The van der Waals surface area contributed by atoms with E-state index in [1.165, 1.54) is 29.8 Å². The molecule has 1 amide bonds. The second kappa shape index (κ2) is 8.83. The van der Waals surface area contributed by atoms with Gasteiger partial charge < -0.3 is 14.5 Å². The minimum atomic E-state index is -0.354. The van der Waals surface area contributed by atoms with Crippen LogP contribution in [0.15, 0.2) is 77.2 Å². The molecule has 1 heterocycles. The molecule has 0 unspecified atom stereocenters. The zero-order valence-corrected chi connectivity index (χ0v) is 17.2. The van der Waals surface area contributed by atoms with E-state index in [1.54, 1.807) is 24.3 Å². The normalized spacial score (nSPS) is 10.7. The highest BCUT2D eigenvalue weighted by Gasteiger charge is 2.13. The van der Waals surface area contributed by atoms with Gasteiger partial charge in [0.2, 0.25) is 5.89 Å². The summed E-state index contributed by atoms with van der Waals surface area (Å²) in [7, 11) is 0. The van der Waals surface area contributed by atoms with Gasteiger partial charge in [-0.05, 0) is 74.5 Å². The maximum atomic E-state index is 13.0. The second-order valence-corrected chi connectivity index (χ2v) is 7.16. The van der Waals surface area contributed by atoms with Crippen molar-refractivity contribution in [2.24, 2.45) is 0 Å². The van der Waals surface area contributed by atoms with Gasteiger partial charge in [-0.15, -0.1) is 0 Å². The summed E-state index contributed by atoms with van der Waals surface area (Å²) in [6.07, 6.45) is 0. The summed E-state index contributed by atoms with van der Waals surface area (Å²) in [6, 6.07) is 20.4. The number of carbonyl (C=O) groups excluding carboxylic acids is 1. The Labute approximate surface area is 179 Å². The lowest BCUT2D eigenvalue weighted by Crippen LogP contribution is -2.11. The molecule has 0 radical (unpaired) electrons. The molecule has 0 fully saturated rings. The SMILES string of the molecule is Cc1ccc(OCc2nc(-c3ccc(C(=O)Nc4ccc(F)cc4)cc3)oc2C)cc1. The molecular weight excluding hydrogens is 395 g/mol. The average Bonchev–Trinajstić information content (AvgIpc) is 3.15. The van der Waals surface area contributed by atoms with E-state index >= 15 is 0 Å². The second-order valence-electron chi connectivity index (χ2n) is 7.16. The predicted molar refractivity (Wildman–Crippen MR) is 117 cm³/mol. The van der Waals surface area contributed by atoms with Crippen LogP contribution >= 0.6 is 0 Å². The molecule has 0 aliphatic rings. The van der Waals surface area contributed by atoms with Crippen LogP contribution in [0.4, 0.5) is 10.1 Å². The third kappa shape index (κ3) is 4.98. The highest BCUT2D eigenvalue weighted by atomic mass is 19.1. The van der Waals surface area contributed by atoms with Gasteiger partial charge in [0.05, 0.1) is 0 Å². The fourth-order valence-electron chi connectivity index (χ4n) is 2.97. The highest BCUT2D eigenvalue weighted by Crippen LogP contribution is 2.24. The van der Waals surface area contributed by atoms with E-state index in [0.717, 1.165) is 11.3 Å². The van der Waals surface area contributed by atoms with Crippen molar-refractivity contribution in [1.82, 2.24) is 4.98 Å². The molecule has 0 saturated carbocycles. The molecule has 3 aromatic carbocycles. The predicted octanol–water partition coefficient (Wildman–Crippen LogP) is 5.93. The number of nitrogens with zero attached hydrogens (tertiary/aromatic N) is 1. The standard InChI is InChI=1S/C25H21FN2O3/c1-16-3-13-22(14-4-16)30-15-23-17(2)31-25(28-23)19-7-5-18(6-8-19)24(29)27-21-11-9-20(26)10-12-21/h3-14H,15H2,1-2H3,(H,27,29). The summed E-state index contributed by atoms with van der Waals surface area (Å²) >= 11 is 0. The van der Waals surface area contributed by atoms with Gasteiger partial charge in [0.1, 0.15) is 29.6 Å². The van der Waals surface area contributed by atoms with Gasteiger partial charge in [-0.25, -0.2) is 9.37 Å². The van der Waals surface area contributed by atoms with Crippen molar-refractivity contribution in [3.8, 4) is 17.2 Å². The summed E-state index contributed by atoms with van der Waals surface area (Å²) in [6.45, 7) is 4.17. The van der Waals surface area contributed by atoms with Crippen molar-refractivity contribution >= 4 is 11.6 Å². The van der Waals surface area contributed by atoms with Crippen LogP contribution in [0.25, 0.3) is 11.5 Å². The number of aryl methyl sites for hydroxylation is 2. The molecule has 0 atom stereocenters. The Bertz CT molecular complexity index is 1180. The molecule has 1 N–H and O–H groups in total. The molecular formula is C25H21FN2O3. The summed E-state index contributed by atoms with van der Waals surface area (Å²) in [5, 5.41) is 2.73. The molecule has 0 saturated heterocycles. The van der Waals surface area contributed by atoms with Crippen molar-refractivity contribution < 1.29 is 18.3 Å². The van der Waals surface area contributed by atoms with Crippen molar-refractivity contribution in [2.75, 3.05) is 5.32 Å². The van der Waals surface area contributed by atoms with Crippen LogP contribution in [0.3, 0.4) is 0 Å². The van der Waals surface area contributed by atoms with Crippen molar-refractivity contribution in [3.63, 3.8) is 0 Å². The van der Waals surface area contributed by atoms with Crippen molar-refractivity contribution in [1.29, 1.82) is 0 Å². The first kappa shape index (κ1) is 20.3. The van der Waals surface area contributed by atoms with Crippen molar-refractivity contribution in [2.45, 2.75) is 20.5 Å². The minimum absolute atomic E-state index is 0.283. The molecule has 31 heavy (non-hydrogen) atoms. The molecule has 4 aromatic rings. The summed E-state index contributed by atoms with van der Waals surface area (Å²) in [4.78, 5) is 16.9. The van der Waals surface area contributed by atoms with E-state index in [0.29, 0.717) is 35.2 Å². The molecule has 6 heteroatoms. The Kier molecular flexibility index (Phi) is 5.80. The lowest BCUT2D eigenvalue weighted by molar-refractivity contribution is 0.102. The molecule has 0 aliphatic heterocycles. The van der Waals surface area contributed by atoms with Gasteiger partial charge in [-0.2, -0.15) is 0 Å². The zero-order valence-electron chi connectivity index (χ0n) is 17.2. The van der Waals surface area contributed by atoms with E-state index in [2.05, 4.69) is 10.3 Å². The number of nitrogens with one attached hydrogen (secondary N) is 1. The average molecular weight is 416 g/mol. The first-order valence-electron chi connectivity index (χ1n) is 9.81. The molecule has 1 aromatic heterocycles. The summed E-state index contributed by atoms with van der Waals surface area (Å²) < 4.78 is 24.6. The molecule has 5 nitrogen and oxygen atoms in total. The number of hydrogen-bond acceptors (Lipinski definition) is 4. The Balaban J connectivity index is 1.42. The zero-order chi connectivity index (χ0) is 21.8. The van der Waals surface area contributed by atoms with Gasteiger partial charge in [-0.3, -0.25) is 4.79 Å². The third-order valence-corrected chi connectivity index (χ3v) is 4.79. The molecule has 0 bridgehead atoms. The molecule has 0 spiro atoms. The lowest BCUT2D eigenvalue weighted by Gasteiger charge is -2.05. The topological polar surface area (TPSA) is 64.4 Å². The fourth-order valence-corrected chi connectivity index (χ4v) is 2.97. The number of benzene rings is 3. The summed E-state index contributed by atoms with van der Waals surface area (Å²) in [5.74, 6) is 1.28. The van der Waals surface area contributed by atoms with E-state index in [9.17, 15) is 9.18 Å². The number of hydrogen-bond donors (Lipinski definition) is 1. The Morgan fingerprint density at radius 2 is 1.65 bits per heavy atom. The maximum Gasteiger partial charge on any atom is 0.255 e. The fraction of sp³-hybridized carbons (Fsp3) is 0.120. The number of rotatable bonds is 6. The number of halogens is 1. The van der Waals surface area contributed by atoms with Gasteiger partial charge >= 0.3 is 0 Å². The lowest BCUT2D eigenvalue weighted by atomic mass is 10.1. The van der Waals surface area contributed by atoms with E-state index < -0.39 is 0 Å². The van der Waals surface area contributed by atoms with Gasteiger partial charge in [0.15, 0.2) is 0 Å². The Morgan fingerprint density at radius 3 is 2.32 bits per heavy atom. The van der Waals surface area contributed by atoms with Gasteiger partial charge in [0, 0.05) is 16.8 Å². The Hall–Kier alpha value is -3.93. The van der Waals surface area contributed by atoms with Crippen LogP contribution in [-0.4, -0.2) is 10.9 Å². The maximum absolute atomic E-state index is 13.0. The first-order valence-corrected chi connectivity index (χ1v) is 9.81. The van der Waals surface area contributed by atoms with Crippen LogP contribution in [0, 0.1) is 19.7 Å². The summed E-state index contributed by atoms with van der Waals surface area (Å²) in [5.41, 5.74) is 3.63. The number of oxazole rings is 1. The largest absolute Gasteiger partial charge is 0.487 e. The van der Waals surface area contributed by atoms with E-state index in [4.69, 9.17) is 9.15 Å². The van der Waals surface area contributed by atoms with Crippen LogP contribution in [0.5, 0.6) is 5.75 Å². The van der Waals surface area contributed by atoms with E-state index in [-0.39, 0.29) is 11.7 Å². The number of ether oxygens (including phenoxy) is 1. The molecule has 0 aliphatic carbocycles. The molecule has 156 valence electrons. The number of carbonyl (C=O) groups is 1. The van der Waals surface area contributed by atoms with Crippen molar-refractivity contribution in [3.05, 3.63) is 101 Å².